The number of ether oxygens (including phenoxy) is 1. The van der Waals surface area contributed by atoms with E-state index < -0.39 is 11.5 Å². The summed E-state index contributed by atoms with van der Waals surface area (Å²) in [5.41, 5.74) is 1.54. The summed E-state index contributed by atoms with van der Waals surface area (Å²) in [5, 5.41) is 22.3. The highest BCUT2D eigenvalue weighted by molar-refractivity contribution is 5.85. The Kier molecular flexibility index (Phi) is 5.89. The van der Waals surface area contributed by atoms with Crippen molar-refractivity contribution in [2.75, 3.05) is 5.32 Å². The first-order valence-electron chi connectivity index (χ1n) is 9.77. The van der Waals surface area contributed by atoms with Gasteiger partial charge in [0.2, 0.25) is 0 Å². The molecule has 1 unspecified atom stereocenters. The first kappa shape index (κ1) is 19.8. The molecular formula is C23H26N2O3. The van der Waals surface area contributed by atoms with E-state index in [-0.39, 0.29) is 6.10 Å². The molecule has 2 N–H and O–H groups in total. The number of nitrogens with one attached hydrogen (secondary N) is 1. The summed E-state index contributed by atoms with van der Waals surface area (Å²) >= 11 is 0. The Morgan fingerprint density at radius 3 is 2.50 bits per heavy atom. The van der Waals surface area contributed by atoms with Crippen molar-refractivity contribution in [3.63, 3.8) is 0 Å². The van der Waals surface area contributed by atoms with Crippen LogP contribution < -0.4 is 10.1 Å². The Labute approximate surface area is 166 Å². The summed E-state index contributed by atoms with van der Waals surface area (Å²) in [5.74, 6) is -0.223. The van der Waals surface area contributed by atoms with Gasteiger partial charge in [-0.3, -0.25) is 0 Å². The normalized spacial score (nSPS) is 16.2. The molecule has 0 radical (unpaired) electrons. The Morgan fingerprint density at radius 1 is 1.25 bits per heavy atom. The van der Waals surface area contributed by atoms with Gasteiger partial charge in [-0.1, -0.05) is 13.0 Å². The van der Waals surface area contributed by atoms with Crippen LogP contribution in [0.3, 0.4) is 0 Å². The van der Waals surface area contributed by atoms with Gasteiger partial charge >= 0.3 is 5.97 Å². The number of rotatable bonds is 7. The first-order valence-corrected chi connectivity index (χ1v) is 9.77. The Hall–Kier alpha value is -3.00. The highest BCUT2D eigenvalue weighted by atomic mass is 16.5. The predicted molar refractivity (Wildman–Crippen MR) is 108 cm³/mol. The van der Waals surface area contributed by atoms with Gasteiger partial charge in [0.05, 0.1) is 17.7 Å². The zero-order chi connectivity index (χ0) is 20.1. The van der Waals surface area contributed by atoms with E-state index in [1.165, 1.54) is 12.8 Å². The van der Waals surface area contributed by atoms with Crippen LogP contribution in [0.2, 0.25) is 0 Å². The lowest BCUT2D eigenvalue weighted by molar-refractivity contribution is -0.142. The average Bonchev–Trinajstić information content (AvgIpc) is 3.19. The van der Waals surface area contributed by atoms with Gasteiger partial charge in [-0.15, -0.1) is 0 Å². The van der Waals surface area contributed by atoms with Gasteiger partial charge in [-0.25, -0.2) is 4.79 Å². The predicted octanol–water partition coefficient (Wildman–Crippen LogP) is 4.99. The minimum atomic E-state index is -1.28. The monoisotopic (exact) mass is 378 g/mol. The Morgan fingerprint density at radius 2 is 1.93 bits per heavy atom. The zero-order valence-corrected chi connectivity index (χ0v) is 16.4. The molecule has 146 valence electrons. The highest BCUT2D eigenvalue weighted by Crippen LogP contribution is 2.34. The molecule has 0 amide bonds. The zero-order valence-electron chi connectivity index (χ0n) is 16.4. The van der Waals surface area contributed by atoms with Crippen LogP contribution in [0.4, 0.5) is 5.69 Å². The van der Waals surface area contributed by atoms with Gasteiger partial charge in [0.25, 0.3) is 0 Å². The topological polar surface area (TPSA) is 82.4 Å². The van der Waals surface area contributed by atoms with E-state index in [9.17, 15) is 9.90 Å². The summed E-state index contributed by atoms with van der Waals surface area (Å²) in [6, 6.07) is 14.6. The molecule has 3 rings (SSSR count). The maximum Gasteiger partial charge on any atom is 0.334 e. The third kappa shape index (κ3) is 4.12. The molecule has 2 aromatic carbocycles. The number of nitrogens with zero attached hydrogens (tertiary/aromatic N) is 1. The quantitative estimate of drug-likeness (QED) is 0.709. The lowest BCUT2D eigenvalue weighted by Crippen LogP contribution is -2.43. The standard InChI is InChI=1S/C23H26N2O3/c1-3-23(22(26)27,25-19-10-8-17(15-24)9-11-19)18-12-16(2)13-21(14-18)28-20-6-4-5-7-20/h8-14,20,25H,3-7H2,1-2H3,(H,26,27). The van der Waals surface area contributed by atoms with E-state index >= 15 is 0 Å². The number of carboxylic acid groups (broad SMARTS) is 1. The molecule has 5 nitrogen and oxygen atoms in total. The molecule has 1 atom stereocenters. The van der Waals surface area contributed by atoms with Gasteiger partial charge in [0, 0.05) is 5.69 Å². The second kappa shape index (κ2) is 8.35. The number of hydrogen-bond donors (Lipinski definition) is 2. The molecule has 0 heterocycles. The first-order chi connectivity index (χ1) is 13.5. The summed E-state index contributed by atoms with van der Waals surface area (Å²) in [4.78, 5) is 12.4. The fraction of sp³-hybridized carbons (Fsp3) is 0.391. The van der Waals surface area contributed by atoms with Crippen LogP contribution in [0, 0.1) is 18.3 Å². The summed E-state index contributed by atoms with van der Waals surface area (Å²) in [6.07, 6.45) is 5.01. The van der Waals surface area contributed by atoms with Crippen molar-refractivity contribution in [1.82, 2.24) is 0 Å². The number of nitriles is 1. The Balaban J connectivity index is 1.96. The third-order valence-corrected chi connectivity index (χ3v) is 5.42. The molecule has 0 aliphatic heterocycles. The van der Waals surface area contributed by atoms with Crippen LogP contribution >= 0.6 is 0 Å². The van der Waals surface area contributed by atoms with Crippen molar-refractivity contribution in [2.24, 2.45) is 0 Å². The molecule has 1 aliphatic carbocycles. The van der Waals surface area contributed by atoms with Crippen molar-refractivity contribution in [1.29, 1.82) is 5.26 Å². The molecule has 28 heavy (non-hydrogen) atoms. The maximum absolute atomic E-state index is 12.4. The number of carbonyl (C=O) groups is 1. The van der Waals surface area contributed by atoms with Crippen LogP contribution in [0.15, 0.2) is 42.5 Å². The van der Waals surface area contributed by atoms with Gasteiger partial charge in [0.1, 0.15) is 5.75 Å². The van der Waals surface area contributed by atoms with E-state index in [1.54, 1.807) is 24.3 Å². The number of benzene rings is 2. The SMILES string of the molecule is CCC(Nc1ccc(C#N)cc1)(C(=O)O)c1cc(C)cc(OC2CCCC2)c1. The van der Waals surface area contributed by atoms with Crippen LogP contribution in [0.5, 0.6) is 5.75 Å². The van der Waals surface area contributed by atoms with Crippen LogP contribution in [-0.2, 0) is 10.3 Å². The number of anilines is 1. The van der Waals surface area contributed by atoms with Crippen molar-refractivity contribution in [3.8, 4) is 11.8 Å². The summed E-state index contributed by atoms with van der Waals surface area (Å²) < 4.78 is 6.14. The fourth-order valence-corrected chi connectivity index (χ4v) is 3.83. The van der Waals surface area contributed by atoms with Crippen LogP contribution in [0.25, 0.3) is 0 Å². The molecule has 1 saturated carbocycles. The number of hydrogen-bond acceptors (Lipinski definition) is 4. The minimum Gasteiger partial charge on any atom is -0.490 e. The Bertz CT molecular complexity index is 880. The largest absolute Gasteiger partial charge is 0.490 e. The highest BCUT2D eigenvalue weighted by Gasteiger charge is 2.39. The number of aliphatic carboxylic acids is 1. The van der Waals surface area contributed by atoms with E-state index in [2.05, 4.69) is 11.4 Å². The molecule has 0 bridgehead atoms. The average molecular weight is 378 g/mol. The smallest absolute Gasteiger partial charge is 0.334 e. The third-order valence-electron chi connectivity index (χ3n) is 5.42. The van der Waals surface area contributed by atoms with E-state index in [4.69, 9.17) is 10.00 Å². The van der Waals surface area contributed by atoms with Crippen molar-refractivity contribution in [2.45, 2.75) is 57.6 Å². The van der Waals surface area contributed by atoms with Gasteiger partial charge in [-0.2, -0.15) is 5.26 Å². The summed E-state index contributed by atoms with van der Waals surface area (Å²) in [7, 11) is 0. The molecule has 1 fully saturated rings. The molecule has 2 aromatic rings. The van der Waals surface area contributed by atoms with Crippen molar-refractivity contribution in [3.05, 3.63) is 59.2 Å². The number of carboxylic acids is 1. The molecule has 1 aliphatic rings. The number of aryl methyl sites for hydroxylation is 1. The molecular weight excluding hydrogens is 352 g/mol. The second-order valence-corrected chi connectivity index (χ2v) is 7.44. The van der Waals surface area contributed by atoms with Gasteiger partial charge in [-0.05, 0) is 86.6 Å². The van der Waals surface area contributed by atoms with Gasteiger partial charge < -0.3 is 15.2 Å². The summed E-state index contributed by atoms with van der Waals surface area (Å²) in [6.45, 7) is 3.81. The van der Waals surface area contributed by atoms with Crippen LogP contribution in [-0.4, -0.2) is 17.2 Å². The van der Waals surface area contributed by atoms with Gasteiger partial charge in [0.15, 0.2) is 5.54 Å². The fourth-order valence-electron chi connectivity index (χ4n) is 3.83. The lowest BCUT2D eigenvalue weighted by Gasteiger charge is -2.32. The molecule has 0 aromatic heterocycles. The molecule has 0 spiro atoms. The molecule has 5 heteroatoms. The second-order valence-electron chi connectivity index (χ2n) is 7.44. The van der Waals surface area contributed by atoms with E-state index in [0.717, 1.165) is 24.2 Å². The molecule has 0 saturated heterocycles. The van der Waals surface area contributed by atoms with Crippen molar-refractivity contribution < 1.29 is 14.6 Å². The van der Waals surface area contributed by atoms with Crippen molar-refractivity contribution >= 4 is 11.7 Å². The minimum absolute atomic E-state index is 0.210. The maximum atomic E-state index is 12.4. The van der Waals surface area contributed by atoms with E-state index in [0.29, 0.717) is 23.2 Å². The van der Waals surface area contributed by atoms with Crippen LogP contribution in [0.1, 0.15) is 55.7 Å². The van der Waals surface area contributed by atoms with E-state index in [1.807, 2.05) is 32.0 Å². The lowest BCUT2D eigenvalue weighted by atomic mass is 9.85.